The molecule has 7 nitrogen and oxygen atoms in total. The number of aliphatic hydroxyl groups excluding tert-OH is 1. The minimum Gasteiger partial charge on any atom is -0.466 e. The fraction of sp³-hybridized carbons (Fsp3) is 0.857. The van der Waals surface area contributed by atoms with E-state index in [1.165, 1.54) is 0 Å². The lowest BCUT2D eigenvalue weighted by Crippen LogP contribution is -2.57. The smallest absolute Gasteiger partial charge is 0.311 e. The zero-order chi connectivity index (χ0) is 21.6. The molecule has 0 aromatic heterocycles. The van der Waals surface area contributed by atoms with Gasteiger partial charge in [-0.25, -0.2) is 0 Å². The molecule has 0 aliphatic carbocycles. The molecule has 8 heteroatoms. The third-order valence-electron chi connectivity index (χ3n) is 6.85. The van der Waals surface area contributed by atoms with Gasteiger partial charge in [0.1, 0.15) is 6.04 Å². The van der Waals surface area contributed by atoms with Crippen LogP contribution in [0.25, 0.3) is 0 Å². The first-order valence-corrected chi connectivity index (χ1v) is 11.6. The fourth-order valence-corrected chi connectivity index (χ4v) is 7.97. The summed E-state index contributed by atoms with van der Waals surface area (Å²) in [5.41, 5.74) is 0. The van der Waals surface area contributed by atoms with Crippen molar-refractivity contribution in [2.45, 2.75) is 87.9 Å². The number of fused-ring (bicyclic) bond motifs is 1. The number of rotatable bonds is 8. The zero-order valence-electron chi connectivity index (χ0n) is 18.1. The average Bonchev–Trinajstić information content (AvgIpc) is 3.22. The molecule has 3 aliphatic rings. The quantitative estimate of drug-likeness (QED) is 0.574. The second kappa shape index (κ2) is 8.10. The molecule has 3 heterocycles. The molecule has 0 aromatic rings. The van der Waals surface area contributed by atoms with Crippen LogP contribution in [-0.4, -0.2) is 68.6 Å². The van der Waals surface area contributed by atoms with Crippen molar-refractivity contribution < 1.29 is 24.2 Å². The Morgan fingerprint density at radius 2 is 2.03 bits per heavy atom. The minimum atomic E-state index is -0.687. The van der Waals surface area contributed by atoms with E-state index in [9.17, 15) is 19.5 Å². The van der Waals surface area contributed by atoms with Gasteiger partial charge in [0.05, 0.1) is 35.8 Å². The first kappa shape index (κ1) is 22.4. The van der Waals surface area contributed by atoms with Gasteiger partial charge in [0, 0.05) is 10.8 Å². The summed E-state index contributed by atoms with van der Waals surface area (Å²) in [6.45, 7) is 9.61. The van der Waals surface area contributed by atoms with Crippen LogP contribution in [0, 0.1) is 11.8 Å². The molecule has 0 saturated carbocycles. The van der Waals surface area contributed by atoms with E-state index < -0.39 is 33.4 Å². The maximum atomic E-state index is 13.6. The van der Waals surface area contributed by atoms with Crippen LogP contribution >= 0.6 is 11.8 Å². The molecule has 164 valence electrons. The van der Waals surface area contributed by atoms with Crippen LogP contribution in [0.1, 0.15) is 60.3 Å². The highest BCUT2D eigenvalue weighted by Gasteiger charge is 2.77. The monoisotopic (exact) mass is 426 g/mol. The number of carbonyl (C=O) groups excluding carboxylic acids is 3. The van der Waals surface area contributed by atoms with Gasteiger partial charge in [-0.3, -0.25) is 14.4 Å². The van der Waals surface area contributed by atoms with Gasteiger partial charge >= 0.3 is 5.97 Å². The number of nitrogens with zero attached hydrogens (tertiary/aromatic N) is 1. The van der Waals surface area contributed by atoms with Crippen molar-refractivity contribution in [1.82, 2.24) is 10.2 Å². The maximum absolute atomic E-state index is 13.6. The predicted molar refractivity (Wildman–Crippen MR) is 111 cm³/mol. The average molecular weight is 427 g/mol. The van der Waals surface area contributed by atoms with Gasteiger partial charge in [-0.05, 0) is 47.0 Å². The zero-order valence-corrected chi connectivity index (χ0v) is 18.9. The van der Waals surface area contributed by atoms with Crippen LogP contribution in [0.15, 0.2) is 0 Å². The van der Waals surface area contributed by atoms with Crippen LogP contribution in [-0.2, 0) is 19.1 Å². The highest BCUT2D eigenvalue weighted by molar-refractivity contribution is 8.02. The van der Waals surface area contributed by atoms with Crippen LogP contribution in [0.3, 0.4) is 0 Å². The first-order valence-electron chi connectivity index (χ1n) is 10.8. The van der Waals surface area contributed by atoms with Gasteiger partial charge < -0.3 is 20.1 Å². The Hall–Kier alpha value is -1.28. The van der Waals surface area contributed by atoms with E-state index in [1.54, 1.807) is 30.5 Å². The molecule has 3 rings (SSSR count). The molecule has 2 N–H and O–H groups in total. The normalized spacial score (nSPS) is 37.4. The molecule has 0 radical (unpaired) electrons. The lowest BCUT2D eigenvalue weighted by atomic mass is 9.66. The fourth-order valence-electron chi connectivity index (χ4n) is 5.64. The number of nitrogens with one attached hydrogen (secondary N) is 1. The lowest BCUT2D eigenvalue weighted by molar-refractivity contribution is -0.155. The van der Waals surface area contributed by atoms with Crippen LogP contribution in [0.4, 0.5) is 0 Å². The third-order valence-corrected chi connectivity index (χ3v) is 8.84. The Balaban J connectivity index is 2.02. The summed E-state index contributed by atoms with van der Waals surface area (Å²) in [4.78, 5) is 41.4. The second-order valence-corrected chi connectivity index (χ2v) is 10.9. The first-order chi connectivity index (χ1) is 13.7. The third kappa shape index (κ3) is 3.36. The highest BCUT2D eigenvalue weighted by Crippen LogP contribution is 2.71. The van der Waals surface area contributed by atoms with Crippen molar-refractivity contribution in [3.8, 4) is 0 Å². The number of hydrogen-bond acceptors (Lipinski definition) is 6. The number of ether oxygens (including phenoxy) is 1. The van der Waals surface area contributed by atoms with Gasteiger partial charge in [0.2, 0.25) is 11.8 Å². The molecule has 7 atom stereocenters. The van der Waals surface area contributed by atoms with Crippen molar-refractivity contribution in [2.24, 2.45) is 11.8 Å². The Morgan fingerprint density at radius 1 is 1.34 bits per heavy atom. The predicted octanol–water partition coefficient (Wildman–Crippen LogP) is 1.72. The van der Waals surface area contributed by atoms with Crippen LogP contribution in [0.5, 0.6) is 0 Å². The molecule has 3 unspecified atom stereocenters. The largest absolute Gasteiger partial charge is 0.466 e. The van der Waals surface area contributed by atoms with E-state index in [-0.39, 0.29) is 37.0 Å². The van der Waals surface area contributed by atoms with E-state index >= 15 is 0 Å². The molecule has 1 spiro atoms. The number of esters is 1. The number of thioether (sulfide) groups is 1. The van der Waals surface area contributed by atoms with E-state index in [1.807, 2.05) is 13.8 Å². The molecule has 3 saturated heterocycles. The molecule has 3 aliphatic heterocycles. The number of carbonyl (C=O) groups is 3. The summed E-state index contributed by atoms with van der Waals surface area (Å²) in [5.74, 6) is -1.88. The summed E-state index contributed by atoms with van der Waals surface area (Å²) >= 11 is 1.62. The molecule has 3 fully saturated rings. The van der Waals surface area contributed by atoms with Crippen LogP contribution < -0.4 is 5.32 Å². The van der Waals surface area contributed by atoms with Gasteiger partial charge in [-0.15, -0.1) is 11.8 Å². The molecular weight excluding hydrogens is 392 g/mol. The summed E-state index contributed by atoms with van der Waals surface area (Å²) in [7, 11) is 0. The highest BCUT2D eigenvalue weighted by atomic mass is 32.2. The van der Waals surface area contributed by atoms with Gasteiger partial charge in [-0.2, -0.15) is 0 Å². The topological polar surface area (TPSA) is 95.9 Å². The molecule has 0 aromatic carbocycles. The van der Waals surface area contributed by atoms with Crippen molar-refractivity contribution in [3.63, 3.8) is 0 Å². The lowest BCUT2D eigenvalue weighted by Gasteiger charge is -2.36. The summed E-state index contributed by atoms with van der Waals surface area (Å²) in [6.07, 6.45) is 3.28. The van der Waals surface area contributed by atoms with E-state index in [2.05, 4.69) is 12.2 Å². The Labute approximate surface area is 177 Å². The molecular formula is C21H34N2O5S. The summed E-state index contributed by atoms with van der Waals surface area (Å²) in [5, 5.41) is 12.9. The standard InChI is InChI=1S/C21H34N2O5S/c1-6-8-12(3)22-17(25)16-21-10-9-20(5,29-21)15(19(27)28-7-2)14(21)18(26)23(16)13(4)11-24/h12-16,24H,6-11H2,1-5H3,(H,22,25)/t12?,13-,14+,15+,16?,20-,21?/m1/s1. The summed E-state index contributed by atoms with van der Waals surface area (Å²) < 4.78 is 4.28. The van der Waals surface area contributed by atoms with Crippen molar-refractivity contribution in [1.29, 1.82) is 0 Å². The van der Waals surface area contributed by atoms with Crippen molar-refractivity contribution in [3.05, 3.63) is 0 Å². The Morgan fingerprint density at radius 3 is 2.62 bits per heavy atom. The van der Waals surface area contributed by atoms with E-state index in [0.29, 0.717) is 6.42 Å². The Kier molecular flexibility index (Phi) is 6.26. The van der Waals surface area contributed by atoms with E-state index in [4.69, 9.17) is 4.74 Å². The van der Waals surface area contributed by atoms with Crippen molar-refractivity contribution in [2.75, 3.05) is 13.2 Å². The number of amides is 2. The number of aliphatic hydroxyl groups is 1. The van der Waals surface area contributed by atoms with Crippen LogP contribution in [0.2, 0.25) is 0 Å². The number of likely N-dealkylation sites (tertiary alicyclic amines) is 1. The summed E-state index contributed by atoms with van der Waals surface area (Å²) in [6, 6.07) is -1.17. The second-order valence-electron chi connectivity index (χ2n) is 8.96. The minimum absolute atomic E-state index is 0.00405. The maximum Gasteiger partial charge on any atom is 0.311 e. The molecule has 29 heavy (non-hydrogen) atoms. The molecule has 2 amide bonds. The molecule has 2 bridgehead atoms. The SMILES string of the molecule is CCCC(C)NC(=O)C1N([C@H](C)CO)C(=O)[C@@H]2[C@@H](C(=O)OCC)[C@@]3(C)CCC12S3. The van der Waals surface area contributed by atoms with Gasteiger partial charge in [-0.1, -0.05) is 13.3 Å². The Bertz CT molecular complexity index is 688. The van der Waals surface area contributed by atoms with Crippen molar-refractivity contribution >= 4 is 29.5 Å². The van der Waals surface area contributed by atoms with Gasteiger partial charge in [0.25, 0.3) is 0 Å². The number of hydrogen-bond donors (Lipinski definition) is 2. The van der Waals surface area contributed by atoms with Gasteiger partial charge in [0.15, 0.2) is 0 Å². The van der Waals surface area contributed by atoms with E-state index in [0.717, 1.165) is 19.3 Å².